The molecule has 0 bridgehead atoms. The van der Waals surface area contributed by atoms with Crippen LogP contribution in [0.1, 0.15) is 37.0 Å². The van der Waals surface area contributed by atoms with E-state index in [4.69, 9.17) is 23.2 Å². The topological polar surface area (TPSA) is 20.3 Å². The second kappa shape index (κ2) is 5.98. The Morgan fingerprint density at radius 1 is 1.37 bits per heavy atom. The summed E-state index contributed by atoms with van der Waals surface area (Å²) in [5.41, 5.74) is 0.514. The van der Waals surface area contributed by atoms with Gasteiger partial charge in [-0.05, 0) is 44.9 Å². The summed E-state index contributed by atoms with van der Waals surface area (Å²) in [7, 11) is 0. The van der Waals surface area contributed by atoms with Crippen molar-refractivity contribution in [1.82, 2.24) is 4.90 Å². The zero-order valence-corrected chi connectivity index (χ0v) is 12.6. The van der Waals surface area contributed by atoms with E-state index in [9.17, 15) is 4.79 Å². The minimum absolute atomic E-state index is 0.0341. The van der Waals surface area contributed by atoms with Crippen molar-refractivity contribution in [1.29, 1.82) is 0 Å². The molecule has 2 rings (SSSR count). The van der Waals surface area contributed by atoms with Crippen molar-refractivity contribution < 1.29 is 4.79 Å². The summed E-state index contributed by atoms with van der Waals surface area (Å²) in [5.74, 6) is -0.0341. The highest BCUT2D eigenvalue weighted by Crippen LogP contribution is 2.26. The highest BCUT2D eigenvalue weighted by atomic mass is 35.5. The summed E-state index contributed by atoms with van der Waals surface area (Å²) in [5, 5.41) is 0.948. The molecule has 1 atom stereocenters. The van der Waals surface area contributed by atoms with Gasteiger partial charge in [-0.3, -0.25) is 4.79 Å². The number of carbonyl (C=O) groups excluding carboxylic acids is 1. The van der Waals surface area contributed by atoms with Crippen LogP contribution in [-0.2, 0) is 0 Å². The zero-order chi connectivity index (χ0) is 14.0. The maximum atomic E-state index is 12.7. The van der Waals surface area contributed by atoms with Crippen LogP contribution in [0.3, 0.4) is 0 Å². The Bertz CT molecular complexity index is 511. The van der Waals surface area contributed by atoms with E-state index < -0.39 is 0 Å². The van der Waals surface area contributed by atoms with Gasteiger partial charge in [-0.1, -0.05) is 35.4 Å². The molecule has 2 nitrogen and oxygen atoms in total. The molecular weight excluding hydrogens is 281 g/mol. The lowest BCUT2D eigenvalue weighted by molar-refractivity contribution is 0.0652. The molecule has 1 aromatic rings. The number of hydrogen-bond donors (Lipinski definition) is 0. The van der Waals surface area contributed by atoms with Crippen molar-refractivity contribution in [3.63, 3.8) is 0 Å². The lowest BCUT2D eigenvalue weighted by Crippen LogP contribution is -2.43. The normalized spacial score (nSPS) is 18.1. The van der Waals surface area contributed by atoms with Gasteiger partial charge in [-0.2, -0.15) is 0 Å². The van der Waals surface area contributed by atoms with E-state index in [-0.39, 0.29) is 18.0 Å². The lowest BCUT2D eigenvalue weighted by atomic mass is 10.1. The molecule has 0 N–H and O–H groups in total. The van der Waals surface area contributed by atoms with Gasteiger partial charge in [0.15, 0.2) is 0 Å². The van der Waals surface area contributed by atoms with Crippen LogP contribution in [-0.4, -0.2) is 22.9 Å². The first kappa shape index (κ1) is 14.4. The van der Waals surface area contributed by atoms with Crippen molar-refractivity contribution in [2.45, 2.75) is 38.8 Å². The average molecular weight is 298 g/mol. The van der Waals surface area contributed by atoms with Gasteiger partial charge in [0, 0.05) is 11.1 Å². The second-order valence-corrected chi connectivity index (χ2v) is 5.85. The monoisotopic (exact) mass is 297 g/mol. The summed E-state index contributed by atoms with van der Waals surface area (Å²) in [6.45, 7) is 4.04. The van der Waals surface area contributed by atoms with Crippen LogP contribution in [0.5, 0.6) is 0 Å². The summed E-state index contributed by atoms with van der Waals surface area (Å²) in [6.07, 6.45) is 6.23. The Balaban J connectivity index is 2.31. The van der Waals surface area contributed by atoms with Crippen LogP contribution in [0, 0.1) is 0 Å². The number of benzene rings is 1. The Kier molecular flexibility index (Phi) is 4.54. The molecule has 1 aromatic carbocycles. The summed E-state index contributed by atoms with van der Waals surface area (Å²) >= 11 is 12.0. The predicted octanol–water partition coefficient (Wildman–Crippen LogP) is 4.56. The van der Waals surface area contributed by atoms with Crippen LogP contribution in [0.4, 0.5) is 0 Å². The van der Waals surface area contributed by atoms with E-state index in [0.29, 0.717) is 15.6 Å². The van der Waals surface area contributed by atoms with Crippen LogP contribution >= 0.6 is 23.2 Å². The Labute approximate surface area is 124 Å². The first-order valence-electron chi connectivity index (χ1n) is 6.45. The van der Waals surface area contributed by atoms with Gasteiger partial charge in [0.2, 0.25) is 0 Å². The van der Waals surface area contributed by atoms with Crippen molar-refractivity contribution >= 4 is 29.1 Å². The molecule has 1 amide bonds. The van der Waals surface area contributed by atoms with Crippen LogP contribution < -0.4 is 0 Å². The van der Waals surface area contributed by atoms with Gasteiger partial charge < -0.3 is 4.90 Å². The first-order valence-corrected chi connectivity index (χ1v) is 7.20. The van der Waals surface area contributed by atoms with Gasteiger partial charge in [0.1, 0.15) is 0 Å². The van der Waals surface area contributed by atoms with E-state index in [1.807, 2.05) is 18.7 Å². The molecule has 0 saturated heterocycles. The number of hydrogen-bond acceptors (Lipinski definition) is 1. The van der Waals surface area contributed by atoms with Gasteiger partial charge >= 0.3 is 0 Å². The van der Waals surface area contributed by atoms with Crippen molar-refractivity contribution in [2.75, 3.05) is 0 Å². The van der Waals surface area contributed by atoms with E-state index in [0.717, 1.165) is 12.8 Å². The van der Waals surface area contributed by atoms with Crippen LogP contribution in [0.15, 0.2) is 30.4 Å². The minimum atomic E-state index is -0.0341. The molecular formula is C15H17Cl2NO. The molecule has 102 valence electrons. The minimum Gasteiger partial charge on any atom is -0.330 e. The SMILES string of the molecule is CC(C)N(C(=O)c1ccc(Cl)cc1Cl)C1C=CCC1. The van der Waals surface area contributed by atoms with Gasteiger partial charge in [0.25, 0.3) is 5.91 Å². The first-order chi connectivity index (χ1) is 9.00. The van der Waals surface area contributed by atoms with Crippen molar-refractivity contribution in [3.8, 4) is 0 Å². The van der Waals surface area contributed by atoms with E-state index in [2.05, 4.69) is 12.2 Å². The number of allylic oxidation sites excluding steroid dienone is 1. The molecule has 0 saturated carbocycles. The number of amides is 1. The second-order valence-electron chi connectivity index (χ2n) is 5.00. The molecule has 19 heavy (non-hydrogen) atoms. The highest BCUT2D eigenvalue weighted by Gasteiger charge is 2.28. The van der Waals surface area contributed by atoms with E-state index in [1.54, 1.807) is 18.2 Å². The quantitative estimate of drug-likeness (QED) is 0.749. The maximum Gasteiger partial charge on any atom is 0.256 e. The summed E-state index contributed by atoms with van der Waals surface area (Å²) in [4.78, 5) is 14.6. The number of halogens is 2. The van der Waals surface area contributed by atoms with Gasteiger partial charge in [-0.25, -0.2) is 0 Å². The fraction of sp³-hybridized carbons (Fsp3) is 0.400. The molecule has 1 aliphatic carbocycles. The standard InChI is InChI=1S/C15H17Cl2NO/c1-10(2)18(12-5-3-4-6-12)15(19)13-8-7-11(16)9-14(13)17/h3,5,7-10,12H,4,6H2,1-2H3. The molecule has 0 radical (unpaired) electrons. The van der Waals surface area contributed by atoms with Crippen molar-refractivity contribution in [2.24, 2.45) is 0 Å². The smallest absolute Gasteiger partial charge is 0.256 e. The third kappa shape index (κ3) is 3.13. The molecule has 4 heteroatoms. The summed E-state index contributed by atoms with van der Waals surface area (Å²) in [6, 6.07) is 5.30. The van der Waals surface area contributed by atoms with E-state index >= 15 is 0 Å². The van der Waals surface area contributed by atoms with Crippen LogP contribution in [0.25, 0.3) is 0 Å². The molecule has 0 heterocycles. The fourth-order valence-corrected chi connectivity index (χ4v) is 2.91. The molecule has 1 aliphatic rings. The Hall–Kier alpha value is -0.990. The average Bonchev–Trinajstić information content (AvgIpc) is 2.81. The third-order valence-corrected chi connectivity index (χ3v) is 3.84. The Morgan fingerprint density at radius 2 is 2.11 bits per heavy atom. The third-order valence-electron chi connectivity index (χ3n) is 3.30. The summed E-state index contributed by atoms with van der Waals surface area (Å²) < 4.78 is 0. The largest absolute Gasteiger partial charge is 0.330 e. The van der Waals surface area contributed by atoms with Crippen molar-refractivity contribution in [3.05, 3.63) is 46.0 Å². The molecule has 1 unspecified atom stereocenters. The predicted molar refractivity (Wildman–Crippen MR) is 79.9 cm³/mol. The molecule has 0 aliphatic heterocycles. The van der Waals surface area contributed by atoms with E-state index in [1.165, 1.54) is 0 Å². The van der Waals surface area contributed by atoms with Gasteiger partial charge in [-0.15, -0.1) is 0 Å². The maximum absolute atomic E-state index is 12.7. The molecule has 0 aromatic heterocycles. The Morgan fingerprint density at radius 3 is 2.63 bits per heavy atom. The molecule has 0 fully saturated rings. The lowest BCUT2D eigenvalue weighted by Gasteiger charge is -2.32. The zero-order valence-electron chi connectivity index (χ0n) is 11.1. The number of nitrogens with zero attached hydrogens (tertiary/aromatic N) is 1. The number of carbonyl (C=O) groups is 1. The fourth-order valence-electron chi connectivity index (χ4n) is 2.42. The highest BCUT2D eigenvalue weighted by molar-refractivity contribution is 6.36. The molecule has 0 spiro atoms. The van der Waals surface area contributed by atoms with Gasteiger partial charge in [0.05, 0.1) is 16.6 Å². The van der Waals surface area contributed by atoms with Crippen LogP contribution in [0.2, 0.25) is 10.0 Å². The number of rotatable bonds is 3.